The van der Waals surface area contributed by atoms with Crippen molar-refractivity contribution in [3.8, 4) is 11.1 Å². The molecule has 0 aliphatic heterocycles. The van der Waals surface area contributed by atoms with Crippen LogP contribution in [0.5, 0.6) is 0 Å². The molecular formula is C22H25NO2. The number of likely N-dealkylation sites (N-methyl/N-ethyl adjacent to an activating group) is 1. The van der Waals surface area contributed by atoms with Crippen LogP contribution in [-0.4, -0.2) is 37.1 Å². The van der Waals surface area contributed by atoms with Crippen molar-refractivity contribution in [1.29, 1.82) is 0 Å². The van der Waals surface area contributed by atoms with Gasteiger partial charge in [0, 0.05) is 18.5 Å². The molecule has 3 rings (SSSR count). The zero-order valence-electron chi connectivity index (χ0n) is 14.9. The fourth-order valence-corrected chi connectivity index (χ4v) is 3.44. The molecule has 0 bridgehead atoms. The van der Waals surface area contributed by atoms with Gasteiger partial charge < -0.3 is 9.64 Å². The Bertz CT molecular complexity index is 717. The third-order valence-electron chi connectivity index (χ3n) is 4.85. The Balaban J connectivity index is 1.68. The van der Waals surface area contributed by atoms with Gasteiger partial charge in [-0.3, -0.25) is 0 Å². The van der Waals surface area contributed by atoms with E-state index in [9.17, 15) is 4.79 Å². The minimum Gasteiger partial charge on any atom is -0.461 e. The van der Waals surface area contributed by atoms with Crippen molar-refractivity contribution in [2.75, 3.05) is 26.2 Å². The number of esters is 1. The number of hydrogen-bond acceptors (Lipinski definition) is 3. The quantitative estimate of drug-likeness (QED) is 0.560. The van der Waals surface area contributed by atoms with Crippen molar-refractivity contribution in [2.45, 2.75) is 19.8 Å². The molecule has 0 heterocycles. The second-order valence-electron chi connectivity index (χ2n) is 6.21. The van der Waals surface area contributed by atoms with E-state index in [4.69, 9.17) is 4.74 Å². The van der Waals surface area contributed by atoms with E-state index in [0.29, 0.717) is 6.61 Å². The fourth-order valence-electron chi connectivity index (χ4n) is 3.44. The van der Waals surface area contributed by atoms with Crippen LogP contribution in [0.4, 0.5) is 0 Å². The lowest BCUT2D eigenvalue weighted by Crippen LogP contribution is -2.27. The van der Waals surface area contributed by atoms with Crippen LogP contribution < -0.4 is 0 Å². The molecule has 25 heavy (non-hydrogen) atoms. The van der Waals surface area contributed by atoms with E-state index < -0.39 is 0 Å². The first-order valence-electron chi connectivity index (χ1n) is 9.00. The summed E-state index contributed by atoms with van der Waals surface area (Å²) in [5, 5.41) is 0. The van der Waals surface area contributed by atoms with Gasteiger partial charge in [0.2, 0.25) is 0 Å². The van der Waals surface area contributed by atoms with Crippen LogP contribution in [0.15, 0.2) is 60.7 Å². The molecule has 130 valence electrons. The molecule has 3 nitrogen and oxygen atoms in total. The number of benzene rings is 2. The van der Waals surface area contributed by atoms with Crippen LogP contribution in [0.25, 0.3) is 11.1 Å². The fraction of sp³-hybridized carbons (Fsp3) is 0.318. The van der Waals surface area contributed by atoms with Crippen LogP contribution in [0.3, 0.4) is 0 Å². The number of ether oxygens (including phenoxy) is 1. The standard InChI is InChI=1S/C22H25NO2/c1-3-23(4-2)15-16-25-22(24)14-13-21-19-11-7-5-9-17(19)18-10-6-8-12-20(18)21/h5-14,21H,3-4,15-16H2,1-2H3/b14-13+. The second-order valence-corrected chi connectivity index (χ2v) is 6.21. The van der Waals surface area contributed by atoms with E-state index in [0.717, 1.165) is 19.6 Å². The van der Waals surface area contributed by atoms with Crippen LogP contribution in [0.2, 0.25) is 0 Å². The van der Waals surface area contributed by atoms with E-state index in [-0.39, 0.29) is 11.9 Å². The topological polar surface area (TPSA) is 29.5 Å². The predicted molar refractivity (Wildman–Crippen MR) is 102 cm³/mol. The summed E-state index contributed by atoms with van der Waals surface area (Å²) >= 11 is 0. The third-order valence-corrected chi connectivity index (χ3v) is 4.85. The average molecular weight is 335 g/mol. The van der Waals surface area contributed by atoms with Gasteiger partial charge in [0.1, 0.15) is 6.61 Å². The summed E-state index contributed by atoms with van der Waals surface area (Å²) in [5.41, 5.74) is 5.00. The molecular weight excluding hydrogens is 310 g/mol. The maximum atomic E-state index is 12.1. The zero-order valence-corrected chi connectivity index (χ0v) is 14.9. The summed E-state index contributed by atoms with van der Waals surface area (Å²) in [6.07, 6.45) is 3.54. The van der Waals surface area contributed by atoms with Gasteiger partial charge in [0.05, 0.1) is 0 Å². The number of fused-ring (bicyclic) bond motifs is 3. The smallest absolute Gasteiger partial charge is 0.330 e. The van der Waals surface area contributed by atoms with Crippen LogP contribution in [0.1, 0.15) is 30.9 Å². The normalized spacial score (nSPS) is 13.2. The van der Waals surface area contributed by atoms with Gasteiger partial charge in [-0.1, -0.05) is 68.5 Å². The molecule has 2 aromatic rings. The first-order chi connectivity index (χ1) is 12.2. The molecule has 3 heteroatoms. The Morgan fingerprint density at radius 1 is 1.00 bits per heavy atom. The Morgan fingerprint density at radius 2 is 1.56 bits per heavy atom. The van der Waals surface area contributed by atoms with Crippen molar-refractivity contribution in [2.24, 2.45) is 0 Å². The van der Waals surface area contributed by atoms with E-state index in [1.165, 1.54) is 22.3 Å². The van der Waals surface area contributed by atoms with Gasteiger partial charge in [-0.2, -0.15) is 0 Å². The molecule has 1 aliphatic rings. The second kappa shape index (κ2) is 8.13. The van der Waals surface area contributed by atoms with Crippen LogP contribution in [-0.2, 0) is 9.53 Å². The first-order valence-corrected chi connectivity index (χ1v) is 9.00. The van der Waals surface area contributed by atoms with Crippen LogP contribution in [0, 0.1) is 0 Å². The highest BCUT2D eigenvalue weighted by atomic mass is 16.5. The van der Waals surface area contributed by atoms with Crippen molar-refractivity contribution < 1.29 is 9.53 Å². The van der Waals surface area contributed by atoms with Crippen molar-refractivity contribution >= 4 is 5.97 Å². The predicted octanol–water partition coefficient (Wildman–Crippen LogP) is 4.24. The Labute approximate surface area is 149 Å². The van der Waals surface area contributed by atoms with E-state index in [1.807, 2.05) is 18.2 Å². The maximum Gasteiger partial charge on any atom is 0.330 e. The van der Waals surface area contributed by atoms with Gasteiger partial charge >= 0.3 is 5.97 Å². The molecule has 2 aromatic carbocycles. The molecule has 0 amide bonds. The number of nitrogens with zero attached hydrogens (tertiary/aromatic N) is 1. The van der Waals surface area contributed by atoms with Crippen molar-refractivity contribution in [3.63, 3.8) is 0 Å². The highest BCUT2D eigenvalue weighted by Crippen LogP contribution is 2.45. The molecule has 0 fully saturated rings. The maximum absolute atomic E-state index is 12.1. The van der Waals surface area contributed by atoms with Gasteiger partial charge in [0.15, 0.2) is 0 Å². The van der Waals surface area contributed by atoms with Gasteiger partial charge in [-0.15, -0.1) is 0 Å². The van der Waals surface area contributed by atoms with Gasteiger partial charge in [0.25, 0.3) is 0 Å². The first kappa shape index (κ1) is 17.4. The molecule has 0 unspecified atom stereocenters. The highest BCUT2D eigenvalue weighted by molar-refractivity contribution is 5.84. The summed E-state index contributed by atoms with van der Waals surface area (Å²) in [6, 6.07) is 16.8. The SMILES string of the molecule is CCN(CC)CCOC(=O)/C=C/C1c2ccccc2-c2ccccc21. The Hall–Kier alpha value is -2.39. The lowest BCUT2D eigenvalue weighted by atomic mass is 9.96. The van der Waals surface area contributed by atoms with Crippen molar-refractivity contribution in [1.82, 2.24) is 4.90 Å². The number of rotatable bonds is 7. The lowest BCUT2D eigenvalue weighted by Gasteiger charge is -2.17. The molecule has 0 aromatic heterocycles. The molecule has 0 saturated heterocycles. The highest BCUT2D eigenvalue weighted by Gasteiger charge is 2.25. The van der Waals surface area contributed by atoms with Gasteiger partial charge in [-0.05, 0) is 35.3 Å². The molecule has 0 spiro atoms. The number of allylic oxidation sites excluding steroid dienone is 1. The van der Waals surface area contributed by atoms with Crippen LogP contribution >= 0.6 is 0 Å². The van der Waals surface area contributed by atoms with Crippen molar-refractivity contribution in [3.05, 3.63) is 71.8 Å². The third kappa shape index (κ3) is 3.83. The van der Waals surface area contributed by atoms with Gasteiger partial charge in [-0.25, -0.2) is 4.79 Å². The minimum absolute atomic E-state index is 0.114. The summed E-state index contributed by atoms with van der Waals surface area (Å²) in [6.45, 7) is 7.38. The van der Waals surface area contributed by atoms with E-state index >= 15 is 0 Å². The van der Waals surface area contributed by atoms with E-state index in [1.54, 1.807) is 6.08 Å². The largest absolute Gasteiger partial charge is 0.461 e. The zero-order chi connectivity index (χ0) is 17.6. The van der Waals surface area contributed by atoms with E-state index in [2.05, 4.69) is 55.1 Å². The monoisotopic (exact) mass is 335 g/mol. The Morgan fingerprint density at radius 3 is 2.12 bits per heavy atom. The number of hydrogen-bond donors (Lipinski definition) is 0. The number of carbonyl (C=O) groups excluding carboxylic acids is 1. The minimum atomic E-state index is -0.269. The summed E-state index contributed by atoms with van der Waals surface area (Å²) in [5.74, 6) is -0.156. The molecule has 0 atom stereocenters. The Kier molecular flexibility index (Phi) is 5.67. The molecule has 0 saturated carbocycles. The molecule has 0 N–H and O–H groups in total. The summed E-state index contributed by atoms with van der Waals surface area (Å²) < 4.78 is 5.34. The summed E-state index contributed by atoms with van der Waals surface area (Å²) in [7, 11) is 0. The molecule has 0 radical (unpaired) electrons. The molecule has 1 aliphatic carbocycles. The lowest BCUT2D eigenvalue weighted by molar-refractivity contribution is -0.138. The summed E-state index contributed by atoms with van der Waals surface area (Å²) in [4.78, 5) is 14.3. The number of carbonyl (C=O) groups is 1. The average Bonchev–Trinajstić information content (AvgIpc) is 2.97.